The van der Waals surface area contributed by atoms with Gasteiger partial charge in [-0.1, -0.05) is 42.1 Å². The van der Waals surface area contributed by atoms with Crippen molar-refractivity contribution in [2.45, 2.75) is 12.1 Å². The minimum atomic E-state index is -0.791. The first kappa shape index (κ1) is 18.2. The first-order chi connectivity index (χ1) is 12.6. The van der Waals surface area contributed by atoms with Crippen LogP contribution in [0.5, 0.6) is 0 Å². The second-order valence-corrected chi connectivity index (χ2v) is 6.95. The third kappa shape index (κ3) is 4.12. The first-order valence-corrected chi connectivity index (χ1v) is 9.61. The summed E-state index contributed by atoms with van der Waals surface area (Å²) >= 11 is 2.41. The number of hydrogen-bond acceptors (Lipinski definition) is 7. The number of ether oxygens (including phenoxy) is 1. The van der Waals surface area contributed by atoms with Crippen molar-refractivity contribution in [3.63, 3.8) is 0 Å². The summed E-state index contributed by atoms with van der Waals surface area (Å²) in [5, 5.41) is 4.83. The molecule has 0 aliphatic carbocycles. The molecular formula is C17H15N3O4S2. The minimum absolute atomic E-state index is 0.0653. The van der Waals surface area contributed by atoms with Crippen molar-refractivity contribution in [2.75, 3.05) is 12.4 Å². The average molecular weight is 389 g/mol. The van der Waals surface area contributed by atoms with Crippen LogP contribution in [0.4, 0.5) is 4.79 Å². The monoisotopic (exact) mass is 389 g/mol. The molecule has 0 spiro atoms. The van der Waals surface area contributed by atoms with E-state index >= 15 is 0 Å². The Morgan fingerprint density at radius 3 is 2.81 bits per heavy atom. The van der Waals surface area contributed by atoms with E-state index in [1.165, 1.54) is 11.3 Å². The predicted molar refractivity (Wildman–Crippen MR) is 102 cm³/mol. The second-order valence-electron chi connectivity index (χ2n) is 5.12. The number of thiophene rings is 1. The highest BCUT2D eigenvalue weighted by Crippen LogP contribution is 2.31. The number of alkyl carbamates (subject to hydrolysis) is 1. The van der Waals surface area contributed by atoms with Crippen molar-refractivity contribution in [2.24, 2.45) is 0 Å². The number of benzene rings is 1. The van der Waals surface area contributed by atoms with Crippen LogP contribution in [0, 0.1) is 0 Å². The molecule has 9 heteroatoms. The molecule has 1 aromatic carbocycles. The van der Waals surface area contributed by atoms with Gasteiger partial charge in [-0.15, -0.1) is 11.3 Å². The van der Waals surface area contributed by atoms with Gasteiger partial charge in [-0.3, -0.25) is 14.9 Å². The highest BCUT2D eigenvalue weighted by Gasteiger charge is 2.14. The van der Waals surface area contributed by atoms with Crippen LogP contribution in [0.15, 0.2) is 45.7 Å². The molecule has 3 aromatic rings. The molecule has 134 valence electrons. The molecule has 0 unspecified atom stereocenters. The fraction of sp³-hybridized carbons (Fsp3) is 0.176. The molecule has 0 saturated heterocycles. The van der Waals surface area contributed by atoms with Crippen LogP contribution in [0.3, 0.4) is 0 Å². The minimum Gasteiger partial charge on any atom is -0.450 e. The Morgan fingerprint density at radius 2 is 2.08 bits per heavy atom. The molecule has 2 amide bonds. The van der Waals surface area contributed by atoms with E-state index < -0.39 is 12.0 Å². The van der Waals surface area contributed by atoms with E-state index in [-0.39, 0.29) is 17.9 Å². The third-order valence-electron chi connectivity index (χ3n) is 3.36. The Kier molecular flexibility index (Phi) is 5.69. The van der Waals surface area contributed by atoms with Crippen LogP contribution >= 0.6 is 23.1 Å². The normalized spacial score (nSPS) is 10.7. The van der Waals surface area contributed by atoms with Gasteiger partial charge in [0.25, 0.3) is 5.56 Å². The maximum Gasteiger partial charge on any atom is 0.413 e. The molecule has 0 saturated carbocycles. The number of amides is 2. The Bertz CT molecular complexity index is 998. The van der Waals surface area contributed by atoms with Crippen LogP contribution < -0.4 is 10.9 Å². The molecule has 0 fully saturated rings. The molecule has 0 aliphatic rings. The lowest BCUT2D eigenvalue weighted by atomic mass is 10.1. The van der Waals surface area contributed by atoms with E-state index in [4.69, 9.17) is 0 Å². The van der Waals surface area contributed by atoms with Gasteiger partial charge in [0.15, 0.2) is 5.16 Å². The van der Waals surface area contributed by atoms with Crippen molar-refractivity contribution < 1.29 is 14.3 Å². The number of nitrogens with one attached hydrogen (secondary N) is 2. The van der Waals surface area contributed by atoms with Crippen LogP contribution in [0.25, 0.3) is 21.3 Å². The molecule has 0 radical (unpaired) electrons. The molecule has 3 rings (SSSR count). The van der Waals surface area contributed by atoms with Crippen LogP contribution in [0.1, 0.15) is 6.92 Å². The van der Waals surface area contributed by atoms with Gasteiger partial charge < -0.3 is 9.72 Å². The smallest absolute Gasteiger partial charge is 0.413 e. The van der Waals surface area contributed by atoms with Crippen LogP contribution in [-0.2, 0) is 9.53 Å². The zero-order valence-electron chi connectivity index (χ0n) is 13.8. The number of fused-ring (bicyclic) bond motifs is 1. The van der Waals surface area contributed by atoms with Crippen molar-refractivity contribution in [1.82, 2.24) is 15.3 Å². The van der Waals surface area contributed by atoms with Crippen molar-refractivity contribution >= 4 is 45.3 Å². The lowest BCUT2D eigenvalue weighted by Gasteiger charge is -2.04. The Hall–Kier alpha value is -2.65. The molecule has 2 N–H and O–H groups in total. The summed E-state index contributed by atoms with van der Waals surface area (Å²) < 4.78 is 4.63. The van der Waals surface area contributed by atoms with Gasteiger partial charge in [-0.2, -0.15) is 0 Å². The maximum absolute atomic E-state index is 12.5. The Labute approximate surface area is 156 Å². The molecule has 2 aromatic heterocycles. The van der Waals surface area contributed by atoms with Crippen molar-refractivity contribution in [1.29, 1.82) is 0 Å². The highest BCUT2D eigenvalue weighted by atomic mass is 32.2. The van der Waals surface area contributed by atoms with E-state index in [0.717, 1.165) is 22.9 Å². The number of thioether (sulfide) groups is 1. The number of rotatable bonds is 5. The Morgan fingerprint density at radius 1 is 1.31 bits per heavy atom. The van der Waals surface area contributed by atoms with E-state index in [9.17, 15) is 14.4 Å². The number of nitrogens with zero attached hydrogens (tertiary/aromatic N) is 1. The van der Waals surface area contributed by atoms with Crippen LogP contribution in [0.2, 0.25) is 0 Å². The molecular weight excluding hydrogens is 374 g/mol. The summed E-state index contributed by atoms with van der Waals surface area (Å²) in [6, 6.07) is 9.60. The van der Waals surface area contributed by atoms with Gasteiger partial charge in [0.05, 0.1) is 17.7 Å². The zero-order valence-corrected chi connectivity index (χ0v) is 15.4. The lowest BCUT2D eigenvalue weighted by molar-refractivity contribution is -0.117. The SMILES string of the molecule is CCOC(=O)NC(=O)CSc1nc2scc(-c3ccccc3)c2c(=O)[nH]1. The third-order valence-corrected chi connectivity index (χ3v) is 5.11. The van der Waals surface area contributed by atoms with Gasteiger partial charge in [0.1, 0.15) is 4.83 Å². The number of aromatic nitrogens is 2. The highest BCUT2D eigenvalue weighted by molar-refractivity contribution is 7.99. The van der Waals surface area contributed by atoms with Gasteiger partial charge in [-0.05, 0) is 12.5 Å². The van der Waals surface area contributed by atoms with E-state index in [1.807, 2.05) is 35.7 Å². The van der Waals surface area contributed by atoms with Gasteiger partial charge in [-0.25, -0.2) is 9.78 Å². The van der Waals surface area contributed by atoms with Crippen molar-refractivity contribution in [3.05, 3.63) is 46.1 Å². The first-order valence-electron chi connectivity index (χ1n) is 7.75. The molecule has 0 bridgehead atoms. The fourth-order valence-corrected chi connectivity index (χ4v) is 3.95. The summed E-state index contributed by atoms with van der Waals surface area (Å²) in [5.74, 6) is -0.586. The number of hydrogen-bond donors (Lipinski definition) is 2. The molecule has 2 heterocycles. The quantitative estimate of drug-likeness (QED) is 0.514. The molecule has 0 atom stereocenters. The average Bonchev–Trinajstić information content (AvgIpc) is 3.05. The summed E-state index contributed by atoms with van der Waals surface area (Å²) in [5.41, 5.74) is 1.51. The molecule has 7 nitrogen and oxygen atoms in total. The maximum atomic E-state index is 12.5. The lowest BCUT2D eigenvalue weighted by Crippen LogP contribution is -2.32. The number of imide groups is 1. The summed E-state index contributed by atoms with van der Waals surface area (Å²) in [6.07, 6.45) is -0.791. The van der Waals surface area contributed by atoms with Gasteiger partial charge in [0.2, 0.25) is 5.91 Å². The van der Waals surface area contributed by atoms with E-state index in [2.05, 4.69) is 20.0 Å². The fourth-order valence-electron chi connectivity index (χ4n) is 2.28. The standard InChI is InChI=1S/C17H15N3O4S2/c1-2-24-17(23)18-12(21)9-26-16-19-14(22)13-11(8-25-15(13)20-16)10-6-4-3-5-7-10/h3-8H,2,9H2,1H3,(H,18,21,23)(H,19,20,22). The molecule has 26 heavy (non-hydrogen) atoms. The van der Waals surface area contributed by atoms with Crippen molar-refractivity contribution in [3.8, 4) is 11.1 Å². The summed E-state index contributed by atoms with van der Waals surface area (Å²) in [6.45, 7) is 1.83. The topological polar surface area (TPSA) is 101 Å². The predicted octanol–water partition coefficient (Wildman–Crippen LogP) is 3.02. The zero-order chi connectivity index (χ0) is 18.5. The van der Waals surface area contributed by atoms with Gasteiger partial charge >= 0.3 is 6.09 Å². The number of H-pyrrole nitrogens is 1. The molecule has 0 aliphatic heterocycles. The summed E-state index contributed by atoms with van der Waals surface area (Å²) in [4.78, 5) is 43.1. The number of carbonyl (C=O) groups excluding carboxylic acids is 2. The number of aromatic amines is 1. The number of carbonyl (C=O) groups is 2. The van der Waals surface area contributed by atoms with Gasteiger partial charge in [0, 0.05) is 10.9 Å². The summed E-state index contributed by atoms with van der Waals surface area (Å²) in [7, 11) is 0. The second kappa shape index (κ2) is 8.15. The van der Waals surface area contributed by atoms with E-state index in [0.29, 0.717) is 15.4 Å². The Balaban J connectivity index is 1.77. The largest absolute Gasteiger partial charge is 0.450 e. The van der Waals surface area contributed by atoms with E-state index in [1.54, 1.807) is 6.92 Å². The van der Waals surface area contributed by atoms with Crippen LogP contribution in [-0.4, -0.2) is 34.3 Å².